The van der Waals surface area contributed by atoms with E-state index in [1.165, 1.54) is 4.68 Å². The van der Waals surface area contributed by atoms with Crippen LogP contribution in [0.4, 0.5) is 5.69 Å². The van der Waals surface area contributed by atoms with Crippen molar-refractivity contribution < 1.29 is 0 Å². The van der Waals surface area contributed by atoms with E-state index in [0.717, 1.165) is 5.69 Å². The van der Waals surface area contributed by atoms with Crippen LogP contribution in [0, 0.1) is 18.3 Å². The third-order valence-corrected chi connectivity index (χ3v) is 3.09. The molecule has 0 aliphatic carbocycles. The quantitative estimate of drug-likeness (QED) is 0.846. The van der Waals surface area contributed by atoms with Gasteiger partial charge in [0.25, 0.3) is 5.56 Å². The number of hydrogen-bond acceptors (Lipinski definition) is 3. The van der Waals surface area contributed by atoms with Crippen molar-refractivity contribution in [3.63, 3.8) is 0 Å². The number of aromatic nitrogens is 2. The van der Waals surface area contributed by atoms with Gasteiger partial charge >= 0.3 is 0 Å². The van der Waals surface area contributed by atoms with Crippen molar-refractivity contribution in [2.45, 2.75) is 6.92 Å². The Kier molecular flexibility index (Phi) is 3.49. The first-order valence-corrected chi connectivity index (χ1v) is 6.02. The van der Waals surface area contributed by atoms with Crippen LogP contribution in [0.25, 0.3) is 5.69 Å². The molecular formula is C13H12N4OS. The predicted molar refractivity (Wildman–Crippen MR) is 77.6 cm³/mol. The Balaban J connectivity index is 2.60. The van der Waals surface area contributed by atoms with Crippen molar-refractivity contribution in [2.75, 3.05) is 5.32 Å². The molecule has 0 radical (unpaired) electrons. The van der Waals surface area contributed by atoms with Gasteiger partial charge in [-0.1, -0.05) is 18.2 Å². The summed E-state index contributed by atoms with van der Waals surface area (Å²) in [7, 11) is 1.78. The maximum Gasteiger partial charge on any atom is 0.295 e. The summed E-state index contributed by atoms with van der Waals surface area (Å²) < 4.78 is 3.25. The van der Waals surface area contributed by atoms with Gasteiger partial charge in [0, 0.05) is 7.05 Å². The second-order valence-corrected chi connectivity index (χ2v) is 4.41. The zero-order valence-electron chi connectivity index (χ0n) is 10.5. The zero-order valence-corrected chi connectivity index (χ0v) is 11.4. The monoisotopic (exact) mass is 272 g/mol. The lowest BCUT2D eigenvalue weighted by atomic mass is 10.3. The van der Waals surface area contributed by atoms with Crippen LogP contribution in [0.2, 0.25) is 0 Å². The molecule has 0 fully saturated rings. The fraction of sp³-hybridized carbons (Fsp3) is 0.154. The second kappa shape index (κ2) is 5.08. The van der Waals surface area contributed by atoms with E-state index in [-0.39, 0.29) is 10.5 Å². The molecule has 2 rings (SSSR count). The van der Waals surface area contributed by atoms with Gasteiger partial charge in [-0.2, -0.15) is 5.26 Å². The van der Waals surface area contributed by atoms with E-state index < -0.39 is 0 Å². The lowest BCUT2D eigenvalue weighted by Crippen LogP contribution is -2.21. The average Bonchev–Trinajstić information content (AvgIpc) is 2.63. The van der Waals surface area contributed by atoms with Crippen molar-refractivity contribution in [3.8, 4) is 11.8 Å². The van der Waals surface area contributed by atoms with Gasteiger partial charge in [-0.15, -0.1) is 0 Å². The maximum absolute atomic E-state index is 12.4. The number of nitrogens with one attached hydrogen (secondary N) is 1. The average molecular weight is 272 g/mol. The smallest absolute Gasteiger partial charge is 0.295 e. The Morgan fingerprint density at radius 2 is 2.00 bits per heavy atom. The molecule has 0 unspecified atom stereocenters. The van der Waals surface area contributed by atoms with E-state index in [4.69, 9.17) is 17.5 Å². The Bertz CT molecular complexity index is 722. The molecule has 1 aromatic heterocycles. The Morgan fingerprint density at radius 1 is 1.37 bits per heavy atom. The number of rotatable bonds is 2. The number of para-hydroxylation sites is 1. The van der Waals surface area contributed by atoms with Crippen LogP contribution in [-0.2, 0) is 7.05 Å². The number of anilines is 1. The lowest BCUT2D eigenvalue weighted by molar-refractivity contribution is 0.630. The summed E-state index contributed by atoms with van der Waals surface area (Å²) in [6.07, 6.45) is 0. The van der Waals surface area contributed by atoms with Crippen LogP contribution in [0.15, 0.2) is 35.1 Å². The summed E-state index contributed by atoms with van der Waals surface area (Å²) in [6.45, 7) is 1.79. The van der Waals surface area contributed by atoms with E-state index in [2.05, 4.69) is 5.32 Å². The standard InChI is InChI=1S/C13H12N4OS/c1-9-12(15-11(19)8-14)13(18)17(16(9)2)10-6-4-3-5-7-10/h3-7H,1-2H3,(H,15,19). The van der Waals surface area contributed by atoms with Gasteiger partial charge in [0.2, 0.25) is 0 Å². The summed E-state index contributed by atoms with van der Waals surface area (Å²) in [6, 6.07) is 11.1. The molecule has 19 heavy (non-hydrogen) atoms. The molecule has 0 bridgehead atoms. The highest BCUT2D eigenvalue weighted by Crippen LogP contribution is 2.13. The van der Waals surface area contributed by atoms with Crippen LogP contribution >= 0.6 is 12.2 Å². The number of nitrogens with zero attached hydrogens (tertiary/aromatic N) is 3. The summed E-state index contributed by atoms with van der Waals surface area (Å²) in [5, 5.41) is 11.4. The van der Waals surface area contributed by atoms with Crippen molar-refractivity contribution >= 4 is 22.9 Å². The van der Waals surface area contributed by atoms with Gasteiger partial charge in [0.15, 0.2) is 4.99 Å². The highest BCUT2D eigenvalue weighted by molar-refractivity contribution is 7.81. The third kappa shape index (κ3) is 2.28. The first-order chi connectivity index (χ1) is 9.06. The van der Waals surface area contributed by atoms with Gasteiger partial charge in [0.1, 0.15) is 11.8 Å². The van der Waals surface area contributed by atoms with Gasteiger partial charge in [0.05, 0.1) is 11.4 Å². The first-order valence-electron chi connectivity index (χ1n) is 5.61. The normalized spacial score (nSPS) is 9.95. The molecule has 0 saturated heterocycles. The van der Waals surface area contributed by atoms with Gasteiger partial charge in [-0.25, -0.2) is 4.68 Å². The Morgan fingerprint density at radius 3 is 2.58 bits per heavy atom. The van der Waals surface area contributed by atoms with E-state index >= 15 is 0 Å². The van der Waals surface area contributed by atoms with E-state index in [9.17, 15) is 4.79 Å². The summed E-state index contributed by atoms with van der Waals surface area (Å²) >= 11 is 4.80. The minimum atomic E-state index is -0.233. The zero-order chi connectivity index (χ0) is 14.0. The third-order valence-electron chi connectivity index (χ3n) is 2.89. The molecule has 6 heteroatoms. The molecule has 0 aliphatic rings. The minimum Gasteiger partial charge on any atom is -0.332 e. The summed E-state index contributed by atoms with van der Waals surface area (Å²) in [5.41, 5.74) is 1.57. The number of thiocarbonyl (C=S) groups is 1. The molecule has 2 aromatic rings. The van der Waals surface area contributed by atoms with Crippen LogP contribution in [0.3, 0.4) is 0 Å². The van der Waals surface area contributed by atoms with Crippen LogP contribution in [0.5, 0.6) is 0 Å². The summed E-state index contributed by atoms with van der Waals surface area (Å²) in [4.78, 5) is 12.4. The summed E-state index contributed by atoms with van der Waals surface area (Å²) in [5.74, 6) is 0. The molecular weight excluding hydrogens is 260 g/mol. The number of hydrogen-bond donors (Lipinski definition) is 1. The van der Waals surface area contributed by atoms with E-state index in [0.29, 0.717) is 11.4 Å². The van der Waals surface area contributed by atoms with Crippen molar-refractivity contribution in [2.24, 2.45) is 7.05 Å². The molecule has 1 N–H and O–H groups in total. The molecule has 0 spiro atoms. The topological polar surface area (TPSA) is 62.8 Å². The molecule has 1 aromatic carbocycles. The van der Waals surface area contributed by atoms with Crippen LogP contribution < -0.4 is 10.9 Å². The number of benzene rings is 1. The fourth-order valence-corrected chi connectivity index (χ4v) is 1.96. The van der Waals surface area contributed by atoms with Gasteiger partial charge < -0.3 is 5.32 Å². The van der Waals surface area contributed by atoms with Gasteiger partial charge in [-0.05, 0) is 31.3 Å². The van der Waals surface area contributed by atoms with Crippen LogP contribution in [-0.4, -0.2) is 14.4 Å². The van der Waals surface area contributed by atoms with E-state index in [1.54, 1.807) is 24.7 Å². The van der Waals surface area contributed by atoms with Crippen molar-refractivity contribution in [1.82, 2.24) is 9.36 Å². The lowest BCUT2D eigenvalue weighted by Gasteiger charge is -2.07. The predicted octanol–water partition coefficient (Wildman–Crippen LogP) is 1.75. The molecule has 0 aliphatic heterocycles. The molecule has 1 heterocycles. The number of nitriles is 1. The molecule has 96 valence electrons. The van der Waals surface area contributed by atoms with Crippen LogP contribution in [0.1, 0.15) is 5.69 Å². The first kappa shape index (κ1) is 13.1. The molecule has 5 nitrogen and oxygen atoms in total. The Hall–Kier alpha value is -2.39. The fourth-order valence-electron chi connectivity index (χ4n) is 1.85. The SMILES string of the molecule is Cc1c(NC(=S)C#N)c(=O)n(-c2ccccc2)n1C. The highest BCUT2D eigenvalue weighted by atomic mass is 32.1. The molecule has 0 saturated carbocycles. The van der Waals surface area contributed by atoms with Crippen molar-refractivity contribution in [1.29, 1.82) is 5.26 Å². The minimum absolute atomic E-state index is 0.0222. The largest absolute Gasteiger partial charge is 0.332 e. The molecule has 0 atom stereocenters. The van der Waals surface area contributed by atoms with E-state index in [1.807, 2.05) is 30.3 Å². The highest BCUT2D eigenvalue weighted by Gasteiger charge is 2.16. The Labute approximate surface area is 115 Å². The van der Waals surface area contributed by atoms with Gasteiger partial charge in [-0.3, -0.25) is 9.48 Å². The second-order valence-electron chi connectivity index (χ2n) is 4.00. The maximum atomic E-state index is 12.4. The molecule has 0 amide bonds. The van der Waals surface area contributed by atoms with Crippen molar-refractivity contribution in [3.05, 3.63) is 46.4 Å².